The van der Waals surface area contributed by atoms with Crippen molar-refractivity contribution in [2.24, 2.45) is 0 Å². The lowest BCUT2D eigenvalue weighted by Gasteiger charge is -2.11. The lowest BCUT2D eigenvalue weighted by Crippen LogP contribution is -2.17. The van der Waals surface area contributed by atoms with E-state index >= 15 is 0 Å². The molecule has 0 saturated carbocycles. The highest BCUT2D eigenvalue weighted by Gasteiger charge is 2.12. The van der Waals surface area contributed by atoms with Crippen LogP contribution in [-0.4, -0.2) is 5.16 Å². The van der Waals surface area contributed by atoms with Crippen molar-refractivity contribution in [2.75, 3.05) is 0 Å². The van der Waals surface area contributed by atoms with Crippen molar-refractivity contribution in [2.45, 2.75) is 33.4 Å². The Morgan fingerprint density at radius 3 is 2.81 bits per heavy atom. The van der Waals surface area contributed by atoms with Crippen molar-refractivity contribution in [3.05, 3.63) is 41.2 Å². The van der Waals surface area contributed by atoms with E-state index in [9.17, 15) is 0 Å². The Labute approximate surface area is 94.6 Å². The number of rotatable bonds is 4. The van der Waals surface area contributed by atoms with E-state index in [0.29, 0.717) is 6.54 Å². The molecule has 0 radical (unpaired) electrons. The fourth-order valence-electron chi connectivity index (χ4n) is 1.78. The molecule has 86 valence electrons. The maximum atomic E-state index is 5.50. The molecule has 2 rings (SSSR count). The predicted octanol–water partition coefficient (Wildman–Crippen LogP) is 2.74. The zero-order valence-corrected chi connectivity index (χ0v) is 9.78. The molecule has 0 fully saturated rings. The molecule has 1 unspecified atom stereocenters. The molecule has 0 aromatic carbocycles. The number of aryl methyl sites for hydroxylation is 2. The summed E-state index contributed by atoms with van der Waals surface area (Å²) in [5.74, 6) is 2.75. The molecule has 4 heteroatoms. The van der Waals surface area contributed by atoms with Crippen molar-refractivity contribution < 1.29 is 8.94 Å². The molecule has 0 aliphatic carbocycles. The molecule has 0 bridgehead atoms. The number of aromatic nitrogens is 1. The number of hydrogen-bond acceptors (Lipinski definition) is 4. The summed E-state index contributed by atoms with van der Waals surface area (Å²) in [5, 5.41) is 7.02. The van der Waals surface area contributed by atoms with Gasteiger partial charge in [0.05, 0.1) is 12.7 Å². The van der Waals surface area contributed by atoms with Gasteiger partial charge in [-0.3, -0.25) is 0 Å². The first kappa shape index (κ1) is 11.0. The van der Waals surface area contributed by atoms with E-state index in [1.54, 1.807) is 6.20 Å². The number of hydrogen-bond donors (Lipinski definition) is 1. The lowest BCUT2D eigenvalue weighted by atomic mass is 10.1. The van der Waals surface area contributed by atoms with Gasteiger partial charge in [-0.2, -0.15) is 0 Å². The highest BCUT2D eigenvalue weighted by Crippen LogP contribution is 2.21. The van der Waals surface area contributed by atoms with Gasteiger partial charge in [-0.05, 0) is 26.8 Å². The minimum absolute atomic E-state index is 0.238. The highest BCUT2D eigenvalue weighted by molar-refractivity contribution is 5.23. The number of furan rings is 1. The second-order valence-electron chi connectivity index (χ2n) is 3.95. The summed E-state index contributed by atoms with van der Waals surface area (Å²) >= 11 is 0. The number of nitrogens with one attached hydrogen (secondary N) is 1. The Morgan fingerprint density at radius 1 is 1.44 bits per heavy atom. The van der Waals surface area contributed by atoms with Crippen LogP contribution in [-0.2, 0) is 6.54 Å². The molecule has 16 heavy (non-hydrogen) atoms. The summed E-state index contributed by atoms with van der Waals surface area (Å²) in [5.41, 5.74) is 1.19. The second-order valence-corrected chi connectivity index (χ2v) is 3.95. The van der Waals surface area contributed by atoms with E-state index in [4.69, 9.17) is 8.94 Å². The van der Waals surface area contributed by atoms with Gasteiger partial charge in [-0.25, -0.2) is 0 Å². The Kier molecular flexibility index (Phi) is 3.10. The van der Waals surface area contributed by atoms with Gasteiger partial charge < -0.3 is 14.3 Å². The van der Waals surface area contributed by atoms with Crippen molar-refractivity contribution >= 4 is 0 Å². The summed E-state index contributed by atoms with van der Waals surface area (Å²) < 4.78 is 10.5. The molecule has 4 nitrogen and oxygen atoms in total. The SMILES string of the molecule is Cc1cc(C(C)NCc2ccno2)c(C)o1. The van der Waals surface area contributed by atoms with Crippen LogP contribution >= 0.6 is 0 Å². The molecular formula is C12H16N2O2. The molecule has 1 atom stereocenters. The average molecular weight is 220 g/mol. The normalized spacial score (nSPS) is 12.9. The van der Waals surface area contributed by atoms with E-state index in [0.717, 1.165) is 17.3 Å². The minimum atomic E-state index is 0.238. The van der Waals surface area contributed by atoms with Crippen molar-refractivity contribution in [3.8, 4) is 0 Å². The molecule has 2 aromatic heterocycles. The predicted molar refractivity (Wildman–Crippen MR) is 59.9 cm³/mol. The first-order valence-electron chi connectivity index (χ1n) is 5.36. The Bertz CT molecular complexity index is 446. The first-order chi connectivity index (χ1) is 7.66. The summed E-state index contributed by atoms with van der Waals surface area (Å²) in [6.45, 7) is 6.72. The van der Waals surface area contributed by atoms with Gasteiger partial charge in [-0.15, -0.1) is 0 Å². The van der Waals surface area contributed by atoms with E-state index in [1.165, 1.54) is 5.56 Å². The van der Waals surface area contributed by atoms with Crippen molar-refractivity contribution in [3.63, 3.8) is 0 Å². The summed E-state index contributed by atoms with van der Waals surface area (Å²) in [7, 11) is 0. The average Bonchev–Trinajstić information content (AvgIpc) is 2.84. The largest absolute Gasteiger partial charge is 0.466 e. The molecule has 0 aliphatic rings. The minimum Gasteiger partial charge on any atom is -0.466 e. The summed E-state index contributed by atoms with van der Waals surface area (Å²) in [6.07, 6.45) is 1.65. The van der Waals surface area contributed by atoms with Crippen LogP contribution in [0.1, 0.15) is 35.8 Å². The van der Waals surface area contributed by atoms with Crippen LogP contribution in [0.15, 0.2) is 27.3 Å². The van der Waals surface area contributed by atoms with Gasteiger partial charge >= 0.3 is 0 Å². The Balaban J connectivity index is 1.98. The summed E-state index contributed by atoms with van der Waals surface area (Å²) in [4.78, 5) is 0. The third kappa shape index (κ3) is 2.33. The van der Waals surface area contributed by atoms with Gasteiger partial charge in [0.15, 0.2) is 0 Å². The van der Waals surface area contributed by atoms with Crippen LogP contribution in [0.3, 0.4) is 0 Å². The standard InChI is InChI=1S/C12H16N2O2/c1-8-6-12(10(3)15-8)9(2)13-7-11-4-5-14-16-11/h4-6,9,13H,7H2,1-3H3. The fraction of sp³-hybridized carbons (Fsp3) is 0.417. The van der Waals surface area contributed by atoms with E-state index in [1.807, 2.05) is 19.9 Å². The van der Waals surface area contributed by atoms with E-state index in [2.05, 4.69) is 23.5 Å². The topological polar surface area (TPSA) is 51.2 Å². The molecule has 0 saturated heterocycles. The van der Waals surface area contributed by atoms with Crippen molar-refractivity contribution in [1.29, 1.82) is 0 Å². The highest BCUT2D eigenvalue weighted by atomic mass is 16.5. The third-order valence-electron chi connectivity index (χ3n) is 2.62. The maximum absolute atomic E-state index is 5.50. The Hall–Kier alpha value is -1.55. The van der Waals surface area contributed by atoms with Crippen LogP contribution in [0.2, 0.25) is 0 Å². The molecular weight excluding hydrogens is 204 g/mol. The molecule has 0 amide bonds. The Morgan fingerprint density at radius 2 is 2.25 bits per heavy atom. The van der Waals surface area contributed by atoms with Crippen molar-refractivity contribution in [1.82, 2.24) is 10.5 Å². The molecule has 1 N–H and O–H groups in total. The van der Waals surface area contributed by atoms with Crippen LogP contribution in [0, 0.1) is 13.8 Å². The lowest BCUT2D eigenvalue weighted by molar-refractivity contribution is 0.365. The maximum Gasteiger partial charge on any atom is 0.150 e. The fourth-order valence-corrected chi connectivity index (χ4v) is 1.78. The van der Waals surface area contributed by atoms with Crippen LogP contribution in [0.5, 0.6) is 0 Å². The third-order valence-corrected chi connectivity index (χ3v) is 2.62. The van der Waals surface area contributed by atoms with Gasteiger partial charge in [-0.1, -0.05) is 5.16 Å². The van der Waals surface area contributed by atoms with Gasteiger partial charge in [0.2, 0.25) is 0 Å². The quantitative estimate of drug-likeness (QED) is 0.860. The van der Waals surface area contributed by atoms with Crippen LogP contribution in [0.4, 0.5) is 0 Å². The van der Waals surface area contributed by atoms with Gasteiger partial charge in [0.25, 0.3) is 0 Å². The second kappa shape index (κ2) is 4.53. The smallest absolute Gasteiger partial charge is 0.150 e. The molecule has 2 aromatic rings. The first-order valence-corrected chi connectivity index (χ1v) is 5.36. The van der Waals surface area contributed by atoms with Crippen LogP contribution in [0.25, 0.3) is 0 Å². The molecule has 0 spiro atoms. The van der Waals surface area contributed by atoms with Gasteiger partial charge in [0.1, 0.15) is 17.3 Å². The monoisotopic (exact) mass is 220 g/mol. The number of nitrogens with zero attached hydrogens (tertiary/aromatic N) is 1. The zero-order valence-electron chi connectivity index (χ0n) is 9.78. The summed E-state index contributed by atoms with van der Waals surface area (Å²) in [6, 6.07) is 4.16. The van der Waals surface area contributed by atoms with Crippen LogP contribution < -0.4 is 5.32 Å². The van der Waals surface area contributed by atoms with E-state index < -0.39 is 0 Å². The van der Waals surface area contributed by atoms with Gasteiger partial charge in [0, 0.05) is 17.7 Å². The zero-order chi connectivity index (χ0) is 11.5. The molecule has 0 aliphatic heterocycles. The molecule has 2 heterocycles. The van der Waals surface area contributed by atoms with E-state index in [-0.39, 0.29) is 6.04 Å².